The molecule has 3 aliphatic rings. The van der Waals surface area contributed by atoms with E-state index < -0.39 is 0 Å². The van der Waals surface area contributed by atoms with E-state index in [9.17, 15) is 9.59 Å². The molecule has 25 heavy (non-hydrogen) atoms. The molecule has 0 aliphatic carbocycles. The van der Waals surface area contributed by atoms with Gasteiger partial charge in [-0.3, -0.25) is 14.3 Å². The summed E-state index contributed by atoms with van der Waals surface area (Å²) in [5.41, 5.74) is 1.00. The highest BCUT2D eigenvalue weighted by molar-refractivity contribution is 6.30. The summed E-state index contributed by atoms with van der Waals surface area (Å²) >= 11 is 6.01. The molecule has 3 saturated heterocycles. The molecule has 0 spiro atoms. The Labute approximate surface area is 149 Å². The Kier molecular flexibility index (Phi) is 3.27. The summed E-state index contributed by atoms with van der Waals surface area (Å²) in [5, 5.41) is 5.10. The Bertz CT molecular complexity index is 852. The van der Waals surface area contributed by atoms with Crippen molar-refractivity contribution in [3.63, 3.8) is 0 Å². The second-order valence-electron chi connectivity index (χ2n) is 6.86. The van der Waals surface area contributed by atoms with Crippen molar-refractivity contribution in [1.82, 2.24) is 9.78 Å². The van der Waals surface area contributed by atoms with E-state index in [0.29, 0.717) is 17.4 Å². The summed E-state index contributed by atoms with van der Waals surface area (Å²) in [5.74, 6) is -0.607. The third kappa shape index (κ3) is 2.24. The maximum absolute atomic E-state index is 12.8. The standard InChI is InChI=1S/C18H16ClN3O3/c19-11-3-1-2-10(8-11)9-21-7-6-14(20-21)22-17(23)15-12-4-5-13(25-12)16(15)18(22)24/h1-3,6-8,12-13,15-16H,4-5,9H2/t12-,13-,15-,16+/m1/s1. The number of imide groups is 1. The van der Waals surface area contributed by atoms with Gasteiger partial charge in [0.25, 0.3) is 0 Å². The number of halogens is 1. The van der Waals surface area contributed by atoms with Gasteiger partial charge in [-0.25, -0.2) is 4.90 Å². The molecule has 5 rings (SSSR count). The van der Waals surface area contributed by atoms with Crippen molar-refractivity contribution in [3.8, 4) is 0 Å². The van der Waals surface area contributed by atoms with Gasteiger partial charge in [0.1, 0.15) is 0 Å². The highest BCUT2D eigenvalue weighted by atomic mass is 35.5. The van der Waals surface area contributed by atoms with Crippen LogP contribution in [-0.4, -0.2) is 33.8 Å². The number of hydrogen-bond donors (Lipinski definition) is 0. The zero-order valence-electron chi connectivity index (χ0n) is 13.3. The number of hydrogen-bond acceptors (Lipinski definition) is 4. The fourth-order valence-corrected chi connectivity index (χ4v) is 4.53. The molecular formula is C18H16ClN3O3. The van der Waals surface area contributed by atoms with Gasteiger partial charge < -0.3 is 4.74 Å². The second-order valence-corrected chi connectivity index (χ2v) is 7.29. The lowest BCUT2D eigenvalue weighted by molar-refractivity contribution is -0.124. The normalized spacial score (nSPS) is 30.4. The summed E-state index contributed by atoms with van der Waals surface area (Å²) in [7, 11) is 0. The number of rotatable bonds is 3. The lowest BCUT2D eigenvalue weighted by atomic mass is 9.81. The molecule has 3 fully saturated rings. The van der Waals surface area contributed by atoms with Gasteiger partial charge in [0.15, 0.2) is 5.82 Å². The van der Waals surface area contributed by atoms with Gasteiger partial charge >= 0.3 is 0 Å². The van der Waals surface area contributed by atoms with Crippen LogP contribution in [0, 0.1) is 11.8 Å². The average Bonchev–Trinajstić information content (AvgIpc) is 3.33. The fourth-order valence-electron chi connectivity index (χ4n) is 4.32. The van der Waals surface area contributed by atoms with Crippen LogP contribution in [0.1, 0.15) is 18.4 Å². The van der Waals surface area contributed by atoms with Crippen LogP contribution in [-0.2, 0) is 20.9 Å². The van der Waals surface area contributed by atoms with E-state index in [1.54, 1.807) is 16.9 Å². The van der Waals surface area contributed by atoms with Gasteiger partial charge in [0.2, 0.25) is 11.8 Å². The quantitative estimate of drug-likeness (QED) is 0.790. The first kappa shape index (κ1) is 15.1. The largest absolute Gasteiger partial charge is 0.373 e. The molecule has 128 valence electrons. The van der Waals surface area contributed by atoms with Crippen LogP contribution in [0.3, 0.4) is 0 Å². The van der Waals surface area contributed by atoms with E-state index >= 15 is 0 Å². The number of aromatic nitrogens is 2. The molecule has 7 heteroatoms. The minimum atomic E-state index is -0.329. The lowest BCUT2D eigenvalue weighted by Crippen LogP contribution is -2.34. The van der Waals surface area contributed by atoms with Crippen molar-refractivity contribution >= 4 is 29.2 Å². The number of benzene rings is 1. The second kappa shape index (κ2) is 5.41. The minimum Gasteiger partial charge on any atom is -0.373 e. The monoisotopic (exact) mass is 357 g/mol. The molecule has 3 aliphatic heterocycles. The summed E-state index contributed by atoms with van der Waals surface area (Å²) in [6.07, 6.45) is 3.29. The molecule has 0 N–H and O–H groups in total. The van der Waals surface area contributed by atoms with Crippen molar-refractivity contribution in [2.24, 2.45) is 11.8 Å². The molecule has 2 bridgehead atoms. The fraction of sp³-hybridized carbons (Fsp3) is 0.389. The Hall–Kier alpha value is -2.18. The number of anilines is 1. The average molecular weight is 358 g/mol. The Morgan fingerprint density at radius 3 is 2.52 bits per heavy atom. The first-order valence-corrected chi connectivity index (χ1v) is 8.81. The lowest BCUT2D eigenvalue weighted by Gasteiger charge is -2.15. The van der Waals surface area contributed by atoms with Crippen LogP contribution in [0.25, 0.3) is 0 Å². The van der Waals surface area contributed by atoms with Gasteiger partial charge in [-0.1, -0.05) is 23.7 Å². The highest BCUT2D eigenvalue weighted by Crippen LogP contribution is 2.49. The van der Waals surface area contributed by atoms with E-state index in [1.165, 1.54) is 4.90 Å². The van der Waals surface area contributed by atoms with E-state index in [0.717, 1.165) is 18.4 Å². The van der Waals surface area contributed by atoms with Crippen molar-refractivity contribution in [1.29, 1.82) is 0 Å². The molecule has 2 amide bonds. The van der Waals surface area contributed by atoms with Crippen molar-refractivity contribution in [2.45, 2.75) is 31.6 Å². The van der Waals surface area contributed by atoms with Crippen LogP contribution in [0.4, 0.5) is 5.82 Å². The topological polar surface area (TPSA) is 64.4 Å². The Morgan fingerprint density at radius 2 is 1.84 bits per heavy atom. The van der Waals surface area contributed by atoms with Crippen LogP contribution < -0.4 is 4.90 Å². The van der Waals surface area contributed by atoms with Gasteiger partial charge in [-0.15, -0.1) is 0 Å². The molecule has 4 atom stereocenters. The summed E-state index contributed by atoms with van der Waals surface area (Å²) in [4.78, 5) is 26.8. The zero-order valence-corrected chi connectivity index (χ0v) is 14.1. The van der Waals surface area contributed by atoms with E-state index in [2.05, 4.69) is 5.10 Å². The first-order chi connectivity index (χ1) is 12.1. The first-order valence-electron chi connectivity index (χ1n) is 8.43. The summed E-state index contributed by atoms with van der Waals surface area (Å²) in [6, 6.07) is 9.24. The molecular weight excluding hydrogens is 342 g/mol. The van der Waals surface area contributed by atoms with Gasteiger partial charge in [-0.2, -0.15) is 5.10 Å². The molecule has 0 unspecified atom stereocenters. The highest BCUT2D eigenvalue weighted by Gasteiger charge is 2.63. The Balaban J connectivity index is 1.40. The SMILES string of the molecule is O=C1[C@@H]2[C@H](C(=O)N1c1ccn(Cc3cccc(Cl)c3)n1)[C@H]1CC[C@H]2O1. The number of ether oxygens (including phenoxy) is 1. The third-order valence-electron chi connectivity index (χ3n) is 5.37. The predicted molar refractivity (Wildman–Crippen MR) is 90.1 cm³/mol. The Morgan fingerprint density at radius 1 is 1.12 bits per heavy atom. The summed E-state index contributed by atoms with van der Waals surface area (Å²) in [6.45, 7) is 0.526. The molecule has 2 aromatic rings. The van der Waals surface area contributed by atoms with Gasteiger partial charge in [0.05, 0.1) is 30.6 Å². The van der Waals surface area contributed by atoms with Gasteiger partial charge in [0, 0.05) is 17.3 Å². The molecule has 4 heterocycles. The predicted octanol–water partition coefficient (Wildman–Crippen LogP) is 2.25. The number of carbonyl (C=O) groups excluding carboxylic acids is 2. The van der Waals surface area contributed by atoms with Crippen molar-refractivity contribution in [3.05, 3.63) is 47.1 Å². The van der Waals surface area contributed by atoms with E-state index in [-0.39, 0.29) is 35.9 Å². The minimum absolute atomic E-state index is 0.106. The molecule has 0 saturated carbocycles. The number of amides is 2. The maximum Gasteiger partial charge on any atom is 0.241 e. The van der Waals surface area contributed by atoms with E-state index in [4.69, 9.17) is 16.3 Å². The number of fused-ring (bicyclic) bond motifs is 5. The molecule has 6 nitrogen and oxygen atoms in total. The van der Waals surface area contributed by atoms with Crippen LogP contribution >= 0.6 is 11.6 Å². The van der Waals surface area contributed by atoms with Crippen molar-refractivity contribution < 1.29 is 14.3 Å². The molecule has 1 aromatic heterocycles. The van der Waals surface area contributed by atoms with Crippen molar-refractivity contribution in [2.75, 3.05) is 4.90 Å². The smallest absolute Gasteiger partial charge is 0.241 e. The molecule has 1 aromatic carbocycles. The summed E-state index contributed by atoms with van der Waals surface area (Å²) < 4.78 is 7.46. The van der Waals surface area contributed by atoms with Crippen LogP contribution in [0.5, 0.6) is 0 Å². The third-order valence-corrected chi connectivity index (χ3v) is 5.61. The molecule has 0 radical (unpaired) electrons. The van der Waals surface area contributed by atoms with Crippen LogP contribution in [0.15, 0.2) is 36.5 Å². The zero-order chi connectivity index (χ0) is 17.1. The maximum atomic E-state index is 12.8. The van der Waals surface area contributed by atoms with Crippen LogP contribution in [0.2, 0.25) is 5.02 Å². The number of carbonyl (C=O) groups is 2. The van der Waals surface area contributed by atoms with Gasteiger partial charge in [-0.05, 0) is 30.5 Å². The number of nitrogens with zero attached hydrogens (tertiary/aromatic N) is 3. The van der Waals surface area contributed by atoms with E-state index in [1.807, 2.05) is 24.3 Å².